The Morgan fingerprint density at radius 2 is 0.409 bits per heavy atom. The van der Waals surface area contributed by atoms with E-state index >= 15 is 18.3 Å². The lowest BCUT2D eigenvalue weighted by molar-refractivity contribution is 0.149. The minimum absolute atomic E-state index is 0.0763. The average Bonchev–Trinajstić information content (AvgIpc) is 3.48. The molecule has 0 unspecified atom stereocenters. The van der Waals surface area contributed by atoms with Crippen LogP contribution >= 0.6 is 30.4 Å². The Labute approximate surface area is 529 Å². The molecule has 8 bridgehead atoms. The molecule has 0 radical (unpaired) electrons. The number of fused-ring (bicyclic) bond motifs is 8. The van der Waals surface area contributed by atoms with Crippen LogP contribution in [0.5, 0.6) is 23.0 Å². The van der Waals surface area contributed by atoms with Crippen molar-refractivity contribution in [3.05, 3.63) is 93.0 Å². The van der Waals surface area contributed by atoms with E-state index in [9.17, 15) is 0 Å². The van der Waals surface area contributed by atoms with Crippen molar-refractivity contribution in [2.24, 2.45) is 0 Å². The average molecular weight is 1310 g/mol. The molecule has 0 aromatic heterocycles. The largest absolute Gasteiger partial charge is 0.493 e. The summed E-state index contributed by atoms with van der Waals surface area (Å²) in [6, 6.07) is 14.7. The van der Waals surface area contributed by atoms with Crippen LogP contribution in [-0.2, 0) is 80.1 Å². The second kappa shape index (κ2) is 34.5. The standard InChI is InChI=1S/C68H108O16P4/c1-21-25-29-73-65-53-33-55-39-62(86(70,79-47(9)10)80-48(11)12)41-57(66(55)74-30-26-22-2)35-59-43-64(88(72,83-51(17)18)84-52(19)20)44-60(68(59)76-32-28-24-4)36-58-42-63(87(71,81-49(13)14)82-50(15)16)40-56(67(58)75-31-27-23-3)34-54(65)38-61(37-53)85(69,77-45(5)6)78-46(7)8/h37-52H,21-36H2,1-20H3. The van der Waals surface area contributed by atoms with Crippen molar-refractivity contribution in [1.82, 2.24) is 0 Å². The highest BCUT2D eigenvalue weighted by atomic mass is 31.2. The molecule has 0 N–H and O–H groups in total. The van der Waals surface area contributed by atoms with Gasteiger partial charge in [0.15, 0.2) is 0 Å². The van der Waals surface area contributed by atoms with E-state index in [1.54, 1.807) is 0 Å². The zero-order chi connectivity index (χ0) is 65.3. The first-order valence-corrected chi connectivity index (χ1v) is 38.6. The fourth-order valence-corrected chi connectivity index (χ4v) is 18.4. The topological polar surface area (TPSA) is 179 Å². The summed E-state index contributed by atoms with van der Waals surface area (Å²) in [7, 11) is -16.7. The van der Waals surface area contributed by atoms with Gasteiger partial charge < -0.3 is 55.1 Å². The molecule has 496 valence electrons. The van der Waals surface area contributed by atoms with E-state index in [4.69, 9.17) is 55.1 Å². The van der Waals surface area contributed by atoms with Gasteiger partial charge in [-0.1, -0.05) is 53.4 Å². The summed E-state index contributed by atoms with van der Waals surface area (Å²) in [5, 5.41) is 1.17. The first-order chi connectivity index (χ1) is 41.4. The van der Waals surface area contributed by atoms with Gasteiger partial charge in [-0.05, 0) is 230 Å². The maximum absolute atomic E-state index is 15.8. The Balaban J connectivity index is 2.24. The fraction of sp³-hybridized carbons (Fsp3) is 0.647. The van der Waals surface area contributed by atoms with Crippen LogP contribution in [0.2, 0.25) is 0 Å². The lowest BCUT2D eigenvalue weighted by Crippen LogP contribution is -2.22. The van der Waals surface area contributed by atoms with Crippen LogP contribution in [-0.4, -0.2) is 75.3 Å². The zero-order valence-corrected chi connectivity index (χ0v) is 60.4. The van der Waals surface area contributed by atoms with Crippen LogP contribution < -0.4 is 40.2 Å². The van der Waals surface area contributed by atoms with E-state index in [-0.39, 0.29) is 25.7 Å². The highest BCUT2D eigenvalue weighted by Crippen LogP contribution is 2.56. The van der Waals surface area contributed by atoms with E-state index in [0.29, 0.717) is 141 Å². The highest BCUT2D eigenvalue weighted by Gasteiger charge is 2.39. The van der Waals surface area contributed by atoms with Crippen molar-refractivity contribution in [1.29, 1.82) is 0 Å². The number of hydrogen-bond donors (Lipinski definition) is 0. The smallest absolute Gasteiger partial charge is 0.361 e. The molecule has 0 amide bonds. The molecule has 0 heterocycles. The Hall–Kier alpha value is -3.32. The van der Waals surface area contributed by atoms with Crippen LogP contribution in [0.1, 0.15) is 234 Å². The first-order valence-electron chi connectivity index (χ1n) is 32.5. The molecule has 1 aliphatic carbocycles. The summed E-state index contributed by atoms with van der Waals surface area (Å²) in [5.74, 6) is 2.04. The maximum Gasteiger partial charge on any atom is 0.361 e. The summed E-state index contributed by atoms with van der Waals surface area (Å²) < 4.78 is 143. The molecule has 20 heteroatoms. The Morgan fingerprint density at radius 3 is 0.523 bits per heavy atom. The number of unbranched alkanes of at least 4 members (excludes halogenated alkanes) is 4. The summed E-state index contributed by atoms with van der Waals surface area (Å²) in [5.41, 5.74) is 4.86. The van der Waals surface area contributed by atoms with E-state index in [1.807, 2.05) is 159 Å². The van der Waals surface area contributed by atoms with Crippen molar-refractivity contribution < 1.29 is 73.4 Å². The number of hydrogen-bond acceptors (Lipinski definition) is 16. The van der Waals surface area contributed by atoms with Crippen molar-refractivity contribution in [2.45, 2.75) is 264 Å². The van der Waals surface area contributed by atoms with Crippen LogP contribution in [0.15, 0.2) is 48.5 Å². The maximum atomic E-state index is 15.8. The molecule has 0 spiro atoms. The SMILES string of the molecule is CCCCOc1c2cc(P(=O)(OC(C)C)OC(C)C)cc1Cc1cc(P(=O)(OC(C)C)OC(C)C)cc(c1OCCCC)Cc1cc(P(=O)(OC(C)C)OC(C)C)cc(c1OCCCC)Cc1cc(P(=O)(OC(C)C)OC(C)C)cc(c1OCCCC)C2. The fourth-order valence-electron chi connectivity index (χ4n) is 10.3. The molecule has 0 aliphatic heterocycles. The quantitative estimate of drug-likeness (QED) is 0.0273. The van der Waals surface area contributed by atoms with Gasteiger partial charge in [0.2, 0.25) is 0 Å². The van der Waals surface area contributed by atoms with Crippen LogP contribution in [0, 0.1) is 0 Å². The van der Waals surface area contributed by atoms with Gasteiger partial charge in [-0.2, -0.15) is 0 Å². The Kier molecular flexibility index (Phi) is 29.6. The van der Waals surface area contributed by atoms with Gasteiger partial charge in [-0.15, -0.1) is 0 Å². The molecule has 0 fully saturated rings. The predicted molar refractivity (Wildman–Crippen MR) is 357 cm³/mol. The lowest BCUT2D eigenvalue weighted by Gasteiger charge is -2.29. The van der Waals surface area contributed by atoms with Crippen molar-refractivity contribution in [3.63, 3.8) is 0 Å². The van der Waals surface area contributed by atoms with Crippen molar-refractivity contribution >= 4 is 51.6 Å². The third kappa shape index (κ3) is 21.4. The molecule has 4 aromatic rings. The molecular formula is C68H108O16P4. The highest BCUT2D eigenvalue weighted by molar-refractivity contribution is 7.63. The molecule has 5 rings (SSSR count). The van der Waals surface area contributed by atoms with Gasteiger partial charge in [0, 0.05) is 25.7 Å². The Bertz CT molecular complexity index is 2520. The Morgan fingerprint density at radius 1 is 0.273 bits per heavy atom. The van der Waals surface area contributed by atoms with Crippen molar-refractivity contribution in [3.8, 4) is 23.0 Å². The van der Waals surface area contributed by atoms with Gasteiger partial charge in [-0.25, -0.2) is 0 Å². The summed E-state index contributed by atoms with van der Waals surface area (Å²) in [6.45, 7) is 38.9. The molecule has 0 atom stereocenters. The molecule has 16 nitrogen and oxygen atoms in total. The molecule has 1 aliphatic rings. The number of ether oxygens (including phenoxy) is 4. The second-order valence-electron chi connectivity index (χ2n) is 25.1. The molecule has 4 aromatic carbocycles. The van der Waals surface area contributed by atoms with E-state index < -0.39 is 79.2 Å². The summed E-state index contributed by atoms with van der Waals surface area (Å²) in [6.07, 6.45) is 2.40. The van der Waals surface area contributed by atoms with Crippen molar-refractivity contribution in [2.75, 3.05) is 26.4 Å². The van der Waals surface area contributed by atoms with Crippen LogP contribution in [0.4, 0.5) is 0 Å². The van der Waals surface area contributed by atoms with E-state index in [1.165, 1.54) is 0 Å². The van der Waals surface area contributed by atoms with Gasteiger partial charge >= 0.3 is 30.4 Å². The predicted octanol–water partition coefficient (Wildman–Crippen LogP) is 17.8. The zero-order valence-electron chi connectivity index (χ0n) is 56.9. The lowest BCUT2D eigenvalue weighted by atomic mass is 9.91. The third-order valence-electron chi connectivity index (χ3n) is 13.5. The third-order valence-corrected chi connectivity index (χ3v) is 22.6. The minimum atomic E-state index is -4.16. The van der Waals surface area contributed by atoms with Gasteiger partial charge in [0.1, 0.15) is 23.0 Å². The van der Waals surface area contributed by atoms with Gasteiger partial charge in [-0.3, -0.25) is 18.3 Å². The number of rotatable bonds is 36. The number of benzene rings is 4. The van der Waals surface area contributed by atoms with E-state index in [2.05, 4.69) is 27.7 Å². The monoisotopic (exact) mass is 1300 g/mol. The van der Waals surface area contributed by atoms with E-state index in [0.717, 1.165) is 25.7 Å². The first kappa shape index (κ1) is 75.4. The normalized spacial score (nSPS) is 13.6. The summed E-state index contributed by atoms with van der Waals surface area (Å²) in [4.78, 5) is 0. The minimum Gasteiger partial charge on any atom is -0.493 e. The molecule has 0 saturated carbocycles. The van der Waals surface area contributed by atoms with Crippen LogP contribution in [0.3, 0.4) is 0 Å². The van der Waals surface area contributed by atoms with Gasteiger partial charge in [0.25, 0.3) is 0 Å². The summed E-state index contributed by atoms with van der Waals surface area (Å²) >= 11 is 0. The molecular weight excluding hydrogens is 1200 g/mol. The second-order valence-corrected chi connectivity index (χ2v) is 32.8. The molecule has 0 saturated heterocycles. The van der Waals surface area contributed by atoms with Crippen LogP contribution in [0.25, 0.3) is 0 Å². The van der Waals surface area contributed by atoms with Gasteiger partial charge in [0.05, 0.1) is 96.5 Å². The molecule has 88 heavy (non-hydrogen) atoms.